The van der Waals surface area contributed by atoms with E-state index < -0.39 is 24.2 Å². The molecular formula is C53H101NO4. The second-order valence-corrected chi connectivity index (χ2v) is 17.7. The zero-order valence-corrected chi connectivity index (χ0v) is 38.9. The Morgan fingerprint density at radius 1 is 0.414 bits per heavy atom. The number of carbonyl (C=O) groups is 1. The Hall–Kier alpha value is -1.43. The van der Waals surface area contributed by atoms with Gasteiger partial charge in [-0.05, 0) is 57.8 Å². The lowest BCUT2D eigenvalue weighted by Gasteiger charge is -2.21. The fourth-order valence-electron chi connectivity index (χ4n) is 7.90. The van der Waals surface area contributed by atoms with Crippen LogP contribution in [0.5, 0.6) is 0 Å². The summed E-state index contributed by atoms with van der Waals surface area (Å²) in [6, 6.07) is -0.813. The molecule has 58 heavy (non-hydrogen) atoms. The minimum absolute atomic E-state index is 0.375. The molecule has 0 aromatic rings. The number of rotatable bonds is 47. The summed E-state index contributed by atoms with van der Waals surface area (Å²) in [5, 5.41) is 33.2. The van der Waals surface area contributed by atoms with Crippen LogP contribution in [0, 0.1) is 0 Å². The number of hydrogen-bond acceptors (Lipinski definition) is 4. The maximum absolute atomic E-state index is 12.5. The molecule has 5 heteroatoms. The molecule has 0 saturated carbocycles. The van der Waals surface area contributed by atoms with Gasteiger partial charge in [-0.15, -0.1) is 0 Å². The summed E-state index contributed by atoms with van der Waals surface area (Å²) >= 11 is 0. The highest BCUT2D eigenvalue weighted by Gasteiger charge is 2.22. The van der Waals surface area contributed by atoms with Crippen molar-refractivity contribution < 1.29 is 20.1 Å². The normalized spacial score (nSPS) is 13.7. The monoisotopic (exact) mass is 816 g/mol. The molecule has 0 heterocycles. The van der Waals surface area contributed by atoms with E-state index in [2.05, 4.69) is 43.5 Å². The molecule has 0 radical (unpaired) electrons. The van der Waals surface area contributed by atoms with Gasteiger partial charge in [0.25, 0.3) is 0 Å². The Morgan fingerprint density at radius 3 is 1.05 bits per heavy atom. The molecule has 1 amide bonds. The first-order chi connectivity index (χ1) is 28.6. The van der Waals surface area contributed by atoms with Crippen LogP contribution in [-0.4, -0.2) is 46.1 Å². The predicted octanol–water partition coefficient (Wildman–Crippen LogP) is 15.5. The summed E-state index contributed by atoms with van der Waals surface area (Å²) in [6.45, 7) is 4.17. The van der Waals surface area contributed by atoms with Crippen molar-refractivity contribution in [3.05, 3.63) is 36.5 Å². The van der Waals surface area contributed by atoms with Gasteiger partial charge >= 0.3 is 0 Å². The Labute approximate surface area is 362 Å². The van der Waals surface area contributed by atoms with E-state index in [9.17, 15) is 20.1 Å². The van der Waals surface area contributed by atoms with Gasteiger partial charge in [-0.2, -0.15) is 0 Å². The lowest BCUT2D eigenvalue weighted by Crippen LogP contribution is -2.48. The van der Waals surface area contributed by atoms with E-state index in [4.69, 9.17) is 0 Å². The van der Waals surface area contributed by atoms with E-state index in [1.807, 2.05) is 6.08 Å². The Kier molecular flexibility index (Phi) is 47.0. The number of unbranched alkanes of at least 4 members (excludes halogenated alkanes) is 35. The van der Waals surface area contributed by atoms with Crippen molar-refractivity contribution in [2.75, 3.05) is 6.61 Å². The molecule has 5 nitrogen and oxygen atoms in total. The van der Waals surface area contributed by atoms with Gasteiger partial charge in [0.1, 0.15) is 6.10 Å². The summed E-state index contributed by atoms with van der Waals surface area (Å²) < 4.78 is 0. The highest BCUT2D eigenvalue weighted by atomic mass is 16.3. The maximum Gasteiger partial charge on any atom is 0.249 e. The zero-order valence-electron chi connectivity index (χ0n) is 38.9. The number of aliphatic hydroxyl groups excluding tert-OH is 3. The van der Waals surface area contributed by atoms with Gasteiger partial charge in [0.2, 0.25) is 5.91 Å². The van der Waals surface area contributed by atoms with E-state index >= 15 is 0 Å². The van der Waals surface area contributed by atoms with Crippen molar-refractivity contribution >= 4 is 5.91 Å². The molecule has 0 aliphatic rings. The SMILES string of the molecule is CCCCCCCCC/C=C/CC/C=C/C(O)C(CO)NC(=O)C(O)CCCCCCCCCCCCCCCCC/C=C\CCCCCCCCCCCCCC. The van der Waals surface area contributed by atoms with Gasteiger partial charge in [-0.3, -0.25) is 4.79 Å². The fourth-order valence-corrected chi connectivity index (χ4v) is 7.90. The Balaban J connectivity index is 3.54. The van der Waals surface area contributed by atoms with Gasteiger partial charge < -0.3 is 20.6 Å². The van der Waals surface area contributed by atoms with Crippen LogP contribution >= 0.6 is 0 Å². The molecule has 3 unspecified atom stereocenters. The number of hydrogen-bond donors (Lipinski definition) is 4. The topological polar surface area (TPSA) is 89.8 Å². The van der Waals surface area contributed by atoms with Crippen molar-refractivity contribution in [3.8, 4) is 0 Å². The highest BCUT2D eigenvalue weighted by molar-refractivity contribution is 5.80. The molecule has 342 valence electrons. The quantitative estimate of drug-likeness (QED) is 0.0364. The van der Waals surface area contributed by atoms with Crippen molar-refractivity contribution in [1.29, 1.82) is 0 Å². The Bertz CT molecular complexity index is 901. The second-order valence-electron chi connectivity index (χ2n) is 17.7. The minimum Gasteiger partial charge on any atom is -0.394 e. The number of amides is 1. The van der Waals surface area contributed by atoms with Crippen molar-refractivity contribution in [1.82, 2.24) is 5.32 Å². The van der Waals surface area contributed by atoms with Gasteiger partial charge in [-0.1, -0.05) is 249 Å². The van der Waals surface area contributed by atoms with Gasteiger partial charge in [0.15, 0.2) is 0 Å². The van der Waals surface area contributed by atoms with Crippen LogP contribution in [0.1, 0.15) is 271 Å². The average molecular weight is 816 g/mol. The Morgan fingerprint density at radius 2 is 0.707 bits per heavy atom. The smallest absolute Gasteiger partial charge is 0.249 e. The molecule has 0 aliphatic heterocycles. The molecule has 0 aromatic heterocycles. The lowest BCUT2D eigenvalue weighted by molar-refractivity contribution is -0.131. The van der Waals surface area contributed by atoms with E-state index in [0.717, 1.165) is 38.5 Å². The van der Waals surface area contributed by atoms with E-state index in [1.54, 1.807) is 6.08 Å². The molecular weight excluding hydrogens is 715 g/mol. The number of nitrogens with one attached hydrogen (secondary N) is 1. The fraction of sp³-hybridized carbons (Fsp3) is 0.868. The van der Waals surface area contributed by atoms with E-state index in [-0.39, 0.29) is 6.61 Å². The highest BCUT2D eigenvalue weighted by Crippen LogP contribution is 2.16. The third-order valence-electron chi connectivity index (χ3n) is 12.0. The summed E-state index contributed by atoms with van der Waals surface area (Å²) in [5.41, 5.74) is 0. The molecule has 0 fully saturated rings. The first-order valence-electron chi connectivity index (χ1n) is 25.8. The maximum atomic E-state index is 12.5. The molecule has 0 spiro atoms. The molecule has 0 aromatic carbocycles. The van der Waals surface area contributed by atoms with Crippen LogP contribution in [-0.2, 0) is 4.79 Å². The second kappa shape index (κ2) is 48.2. The molecule has 0 aliphatic carbocycles. The summed E-state index contributed by atoms with van der Waals surface area (Å²) in [6.07, 6.45) is 62.2. The molecule has 3 atom stereocenters. The van der Waals surface area contributed by atoms with Gasteiger partial charge in [0, 0.05) is 0 Å². The van der Waals surface area contributed by atoms with Crippen LogP contribution in [0.4, 0.5) is 0 Å². The largest absolute Gasteiger partial charge is 0.394 e. The summed E-state index contributed by atoms with van der Waals surface area (Å²) in [4.78, 5) is 12.5. The van der Waals surface area contributed by atoms with E-state index in [1.165, 1.54) is 212 Å². The van der Waals surface area contributed by atoms with Crippen molar-refractivity contribution in [3.63, 3.8) is 0 Å². The van der Waals surface area contributed by atoms with Crippen LogP contribution in [0.15, 0.2) is 36.5 Å². The first-order valence-corrected chi connectivity index (χ1v) is 25.8. The number of allylic oxidation sites excluding steroid dienone is 5. The lowest BCUT2D eigenvalue weighted by atomic mass is 10.0. The van der Waals surface area contributed by atoms with Crippen LogP contribution in [0.3, 0.4) is 0 Å². The zero-order chi connectivity index (χ0) is 42.3. The van der Waals surface area contributed by atoms with Crippen LogP contribution < -0.4 is 5.32 Å². The van der Waals surface area contributed by atoms with Crippen molar-refractivity contribution in [2.45, 2.75) is 289 Å². The average Bonchev–Trinajstić information content (AvgIpc) is 3.23. The van der Waals surface area contributed by atoms with Crippen LogP contribution in [0.25, 0.3) is 0 Å². The number of aliphatic hydroxyl groups is 3. The minimum atomic E-state index is -1.10. The van der Waals surface area contributed by atoms with Gasteiger partial charge in [-0.25, -0.2) is 0 Å². The predicted molar refractivity (Wildman–Crippen MR) is 254 cm³/mol. The summed E-state index contributed by atoms with van der Waals surface area (Å²) in [7, 11) is 0. The first kappa shape index (κ1) is 56.6. The molecule has 0 rings (SSSR count). The summed E-state index contributed by atoms with van der Waals surface area (Å²) in [5.74, 6) is -0.511. The van der Waals surface area contributed by atoms with Crippen LogP contribution in [0.2, 0.25) is 0 Å². The molecule has 0 saturated heterocycles. The molecule has 0 bridgehead atoms. The van der Waals surface area contributed by atoms with E-state index in [0.29, 0.717) is 6.42 Å². The standard InChI is InChI=1S/C53H101NO4/c1-3-5-7-9-11-13-15-17-18-19-20-21-22-23-24-25-26-27-28-29-30-31-32-33-34-36-38-40-42-44-46-48-52(57)53(58)54-50(49-55)51(56)47-45-43-41-39-37-35-16-14-12-10-8-6-4-2/h23-24,37,39,45,47,50-52,55-57H,3-22,25-36,38,40-44,46,48-49H2,1-2H3,(H,54,58)/b24-23-,39-37+,47-45+. The third kappa shape index (κ3) is 42.7. The van der Waals surface area contributed by atoms with Crippen molar-refractivity contribution in [2.24, 2.45) is 0 Å². The molecule has 4 N–H and O–H groups in total. The number of carbonyl (C=O) groups excluding carboxylic acids is 1. The third-order valence-corrected chi connectivity index (χ3v) is 12.0. The van der Waals surface area contributed by atoms with Gasteiger partial charge in [0.05, 0.1) is 18.8 Å².